The van der Waals surface area contributed by atoms with Gasteiger partial charge in [-0.2, -0.15) is 4.98 Å². The summed E-state index contributed by atoms with van der Waals surface area (Å²) in [7, 11) is 1.80. The summed E-state index contributed by atoms with van der Waals surface area (Å²) in [6.07, 6.45) is 5.93. The SMILES string of the molecule is COC1CCc2sc3c(N4CC5CCC(C4)N5)nc(N)nc3c2C1. The Morgan fingerprint density at radius 2 is 2.00 bits per heavy atom. The third-order valence-electron chi connectivity index (χ3n) is 5.69. The molecule has 3 unspecified atom stereocenters. The fraction of sp³-hybridized carbons (Fsp3) is 0.647. The third kappa shape index (κ3) is 2.29. The smallest absolute Gasteiger partial charge is 0.222 e. The largest absolute Gasteiger partial charge is 0.381 e. The lowest BCUT2D eigenvalue weighted by atomic mass is 9.95. The van der Waals surface area contributed by atoms with E-state index >= 15 is 0 Å². The highest BCUT2D eigenvalue weighted by molar-refractivity contribution is 7.19. The summed E-state index contributed by atoms with van der Waals surface area (Å²) < 4.78 is 6.81. The zero-order chi connectivity index (χ0) is 16.3. The first-order valence-electron chi connectivity index (χ1n) is 8.83. The standard InChI is InChI=1S/C17H23N5OS/c1-23-11-4-5-13-12(6-11)14-15(24-13)16(21-17(18)20-14)22-7-9-2-3-10(8-22)19-9/h9-11,19H,2-8H2,1H3,(H2,18,20,21). The van der Waals surface area contributed by atoms with E-state index in [1.165, 1.54) is 28.0 Å². The van der Waals surface area contributed by atoms with Crippen LogP contribution in [0.15, 0.2) is 0 Å². The van der Waals surface area contributed by atoms with Crippen LogP contribution in [-0.2, 0) is 17.6 Å². The molecule has 1 aliphatic carbocycles. The maximum absolute atomic E-state index is 6.08. The average Bonchev–Trinajstić information content (AvgIpc) is 3.13. The second kappa shape index (κ2) is 5.54. The Morgan fingerprint density at radius 3 is 2.75 bits per heavy atom. The molecule has 6 nitrogen and oxygen atoms in total. The van der Waals surface area contributed by atoms with Crippen LogP contribution in [0.5, 0.6) is 0 Å². The molecule has 4 heterocycles. The van der Waals surface area contributed by atoms with Gasteiger partial charge in [0.05, 0.1) is 16.3 Å². The van der Waals surface area contributed by atoms with Gasteiger partial charge in [0.15, 0.2) is 5.82 Å². The highest BCUT2D eigenvalue weighted by Crippen LogP contribution is 2.41. The Balaban J connectivity index is 1.60. The minimum absolute atomic E-state index is 0.296. The molecule has 128 valence electrons. The van der Waals surface area contributed by atoms with Crippen molar-refractivity contribution in [3.8, 4) is 0 Å². The quantitative estimate of drug-likeness (QED) is 0.863. The van der Waals surface area contributed by atoms with Gasteiger partial charge in [0.1, 0.15) is 0 Å². The first kappa shape index (κ1) is 14.9. The molecule has 2 aromatic rings. The van der Waals surface area contributed by atoms with E-state index in [9.17, 15) is 0 Å². The number of aromatic nitrogens is 2. The minimum Gasteiger partial charge on any atom is -0.381 e. The molecule has 2 bridgehead atoms. The van der Waals surface area contributed by atoms with E-state index in [1.807, 2.05) is 11.3 Å². The van der Waals surface area contributed by atoms with Crippen molar-refractivity contribution in [3.05, 3.63) is 10.4 Å². The van der Waals surface area contributed by atoms with Crippen molar-refractivity contribution in [1.82, 2.24) is 15.3 Å². The highest BCUT2D eigenvalue weighted by Gasteiger charge is 2.34. The van der Waals surface area contributed by atoms with Gasteiger partial charge in [-0.1, -0.05) is 0 Å². The van der Waals surface area contributed by atoms with Gasteiger partial charge in [0, 0.05) is 43.6 Å². The van der Waals surface area contributed by atoms with E-state index < -0.39 is 0 Å². The molecule has 3 atom stereocenters. The van der Waals surface area contributed by atoms with Gasteiger partial charge in [-0.3, -0.25) is 0 Å². The Hall–Kier alpha value is -1.44. The first-order valence-corrected chi connectivity index (χ1v) is 9.64. The number of thiophene rings is 1. The number of ether oxygens (including phenoxy) is 1. The van der Waals surface area contributed by atoms with Gasteiger partial charge >= 0.3 is 0 Å². The van der Waals surface area contributed by atoms with Crippen LogP contribution in [0, 0.1) is 0 Å². The van der Waals surface area contributed by atoms with Crippen molar-refractivity contribution >= 4 is 33.3 Å². The van der Waals surface area contributed by atoms with Gasteiger partial charge in [0.2, 0.25) is 5.95 Å². The normalized spacial score (nSPS) is 29.2. The summed E-state index contributed by atoms with van der Waals surface area (Å²) in [6.45, 7) is 2.04. The molecule has 0 saturated carbocycles. The topological polar surface area (TPSA) is 76.3 Å². The van der Waals surface area contributed by atoms with E-state index in [0.29, 0.717) is 24.1 Å². The Kier molecular flexibility index (Phi) is 3.43. The second-order valence-corrected chi connectivity index (χ2v) is 8.34. The highest BCUT2D eigenvalue weighted by atomic mass is 32.1. The summed E-state index contributed by atoms with van der Waals surface area (Å²) >= 11 is 1.87. The van der Waals surface area contributed by atoms with Crippen LogP contribution in [0.4, 0.5) is 11.8 Å². The molecule has 0 radical (unpaired) electrons. The van der Waals surface area contributed by atoms with Crippen molar-refractivity contribution in [2.75, 3.05) is 30.8 Å². The summed E-state index contributed by atoms with van der Waals surface area (Å²) in [5.74, 6) is 1.44. The Bertz CT molecular complexity index is 779. The molecular formula is C17H23N5OS. The van der Waals surface area contributed by atoms with Gasteiger partial charge < -0.3 is 20.7 Å². The zero-order valence-corrected chi connectivity index (χ0v) is 14.7. The number of piperazine rings is 1. The summed E-state index contributed by atoms with van der Waals surface area (Å²) in [5.41, 5.74) is 8.48. The van der Waals surface area contributed by atoms with E-state index in [1.54, 1.807) is 7.11 Å². The molecule has 2 fully saturated rings. The van der Waals surface area contributed by atoms with Crippen LogP contribution in [0.25, 0.3) is 10.2 Å². The fourth-order valence-corrected chi connectivity index (χ4v) is 5.79. The monoisotopic (exact) mass is 345 g/mol. The molecule has 5 rings (SSSR count). The molecule has 2 aromatic heterocycles. The van der Waals surface area contributed by atoms with Crippen LogP contribution in [-0.4, -0.2) is 48.4 Å². The van der Waals surface area contributed by atoms with E-state index in [-0.39, 0.29) is 0 Å². The predicted octanol–water partition coefficient (Wildman–Crippen LogP) is 1.72. The zero-order valence-electron chi connectivity index (χ0n) is 13.9. The van der Waals surface area contributed by atoms with Crippen LogP contribution >= 0.6 is 11.3 Å². The number of hydrogen-bond acceptors (Lipinski definition) is 7. The first-order chi connectivity index (χ1) is 11.7. The number of anilines is 2. The number of rotatable bonds is 2. The van der Waals surface area contributed by atoms with Crippen LogP contribution in [0.2, 0.25) is 0 Å². The number of fused-ring (bicyclic) bond motifs is 5. The van der Waals surface area contributed by atoms with Crippen molar-refractivity contribution in [1.29, 1.82) is 0 Å². The van der Waals surface area contributed by atoms with Gasteiger partial charge in [-0.25, -0.2) is 4.98 Å². The lowest BCUT2D eigenvalue weighted by Gasteiger charge is -2.33. The number of nitrogens with zero attached hydrogens (tertiary/aromatic N) is 3. The van der Waals surface area contributed by atoms with E-state index in [4.69, 9.17) is 10.5 Å². The summed E-state index contributed by atoms with van der Waals surface area (Å²) in [5, 5.41) is 3.69. The number of aryl methyl sites for hydroxylation is 1. The van der Waals surface area contributed by atoms with Crippen molar-refractivity contribution in [3.63, 3.8) is 0 Å². The molecule has 7 heteroatoms. The van der Waals surface area contributed by atoms with Crippen LogP contribution < -0.4 is 16.0 Å². The lowest BCUT2D eigenvalue weighted by molar-refractivity contribution is 0.0919. The number of hydrogen-bond donors (Lipinski definition) is 2. The molecule has 3 aliphatic rings. The van der Waals surface area contributed by atoms with Crippen molar-refractivity contribution < 1.29 is 4.74 Å². The molecule has 3 N–H and O–H groups in total. The molecular weight excluding hydrogens is 322 g/mol. The average molecular weight is 345 g/mol. The number of methoxy groups -OCH3 is 1. The fourth-order valence-electron chi connectivity index (χ4n) is 4.49. The van der Waals surface area contributed by atoms with E-state index in [0.717, 1.165) is 43.7 Å². The maximum atomic E-state index is 6.08. The number of nitrogens with one attached hydrogen (secondary N) is 1. The summed E-state index contributed by atoms with van der Waals surface area (Å²) in [6, 6.07) is 1.17. The Morgan fingerprint density at radius 1 is 1.21 bits per heavy atom. The van der Waals surface area contributed by atoms with Crippen LogP contribution in [0.1, 0.15) is 29.7 Å². The number of nitrogen functional groups attached to an aromatic ring is 1. The predicted molar refractivity (Wildman–Crippen MR) is 96.8 cm³/mol. The molecule has 0 aromatic carbocycles. The molecule has 2 saturated heterocycles. The second-order valence-electron chi connectivity index (χ2n) is 7.23. The minimum atomic E-state index is 0.296. The van der Waals surface area contributed by atoms with Gasteiger partial charge in [-0.15, -0.1) is 11.3 Å². The Labute approximate surface area is 145 Å². The van der Waals surface area contributed by atoms with Crippen molar-refractivity contribution in [2.24, 2.45) is 0 Å². The molecule has 0 spiro atoms. The third-order valence-corrected chi connectivity index (χ3v) is 6.96. The molecule has 24 heavy (non-hydrogen) atoms. The maximum Gasteiger partial charge on any atom is 0.222 e. The molecule has 0 amide bonds. The lowest BCUT2D eigenvalue weighted by Crippen LogP contribution is -2.51. The van der Waals surface area contributed by atoms with Crippen LogP contribution in [0.3, 0.4) is 0 Å². The van der Waals surface area contributed by atoms with Gasteiger partial charge in [0.25, 0.3) is 0 Å². The van der Waals surface area contributed by atoms with E-state index in [2.05, 4.69) is 20.2 Å². The van der Waals surface area contributed by atoms with Gasteiger partial charge in [-0.05, 0) is 31.2 Å². The molecule has 2 aliphatic heterocycles. The summed E-state index contributed by atoms with van der Waals surface area (Å²) in [4.78, 5) is 13.1. The van der Waals surface area contributed by atoms with Crippen molar-refractivity contribution in [2.45, 2.75) is 50.3 Å². The number of nitrogens with two attached hydrogens (primary N) is 1.